The highest BCUT2D eigenvalue weighted by atomic mass is 35.5. The van der Waals surface area contributed by atoms with Gasteiger partial charge in [0.05, 0.1) is 6.54 Å². The van der Waals surface area contributed by atoms with E-state index >= 15 is 0 Å². The summed E-state index contributed by atoms with van der Waals surface area (Å²) in [5.74, 6) is 1.56. The minimum Gasteiger partial charge on any atom is -0.508 e. The first-order chi connectivity index (χ1) is 15.2. The molecular formula is C24H23ClN4O2. The molecule has 3 aromatic carbocycles. The van der Waals surface area contributed by atoms with Gasteiger partial charge in [0.25, 0.3) is 0 Å². The van der Waals surface area contributed by atoms with E-state index < -0.39 is 0 Å². The van der Waals surface area contributed by atoms with Crippen LogP contribution in [0, 0.1) is 0 Å². The van der Waals surface area contributed by atoms with Crippen molar-refractivity contribution in [2.24, 2.45) is 0 Å². The molecule has 0 unspecified atom stereocenters. The van der Waals surface area contributed by atoms with Crippen LogP contribution >= 0.6 is 11.6 Å². The molecule has 0 spiro atoms. The number of phenolic OH excluding ortho intramolecular Hbond substituents is 1. The maximum Gasteiger partial charge on any atom is 0.241 e. The summed E-state index contributed by atoms with van der Waals surface area (Å²) in [5, 5.41) is 17.5. The Labute approximate surface area is 185 Å². The first kappa shape index (κ1) is 20.0. The SMILES string of the molecule is Oc1ccc2ccccc2c1CN1CCN(Cc2nc(-c3ccc(Cl)cc3)no2)CC1. The van der Waals surface area contributed by atoms with Gasteiger partial charge >= 0.3 is 0 Å². The lowest BCUT2D eigenvalue weighted by atomic mass is 10.0. The predicted octanol–water partition coefficient (Wildman–Crippen LogP) is 4.57. The van der Waals surface area contributed by atoms with Gasteiger partial charge in [-0.15, -0.1) is 0 Å². The average Bonchev–Trinajstić information content (AvgIpc) is 3.26. The third kappa shape index (κ3) is 4.42. The van der Waals surface area contributed by atoms with Crippen LogP contribution in [0.3, 0.4) is 0 Å². The number of hydrogen-bond acceptors (Lipinski definition) is 6. The number of fused-ring (bicyclic) bond motifs is 1. The second-order valence-electron chi connectivity index (χ2n) is 7.86. The maximum absolute atomic E-state index is 10.4. The molecule has 0 amide bonds. The van der Waals surface area contributed by atoms with Crippen LogP contribution in [-0.2, 0) is 13.1 Å². The summed E-state index contributed by atoms with van der Waals surface area (Å²) < 4.78 is 5.46. The van der Waals surface area contributed by atoms with Crippen molar-refractivity contribution >= 4 is 22.4 Å². The summed E-state index contributed by atoms with van der Waals surface area (Å²) in [6.45, 7) is 5.02. The highest BCUT2D eigenvalue weighted by molar-refractivity contribution is 6.30. The highest BCUT2D eigenvalue weighted by Gasteiger charge is 2.21. The van der Waals surface area contributed by atoms with Crippen LogP contribution in [0.25, 0.3) is 22.2 Å². The zero-order valence-electron chi connectivity index (χ0n) is 17.0. The summed E-state index contributed by atoms with van der Waals surface area (Å²) in [6.07, 6.45) is 0. The van der Waals surface area contributed by atoms with E-state index in [2.05, 4.69) is 32.1 Å². The monoisotopic (exact) mass is 434 g/mol. The summed E-state index contributed by atoms with van der Waals surface area (Å²) in [7, 11) is 0. The van der Waals surface area contributed by atoms with Crippen molar-refractivity contribution in [3.8, 4) is 17.1 Å². The molecule has 0 saturated carbocycles. The van der Waals surface area contributed by atoms with Gasteiger partial charge in [0.2, 0.25) is 11.7 Å². The molecule has 158 valence electrons. The molecule has 1 N–H and O–H groups in total. The Morgan fingerprint density at radius 1 is 0.871 bits per heavy atom. The van der Waals surface area contributed by atoms with E-state index in [0.717, 1.165) is 54.6 Å². The number of nitrogens with zero attached hydrogens (tertiary/aromatic N) is 4. The van der Waals surface area contributed by atoms with E-state index in [4.69, 9.17) is 16.1 Å². The number of aromatic nitrogens is 2. The first-order valence-corrected chi connectivity index (χ1v) is 10.8. The van der Waals surface area contributed by atoms with Gasteiger partial charge in [-0.25, -0.2) is 0 Å². The standard InChI is InChI=1S/C24H23ClN4O2/c25-19-8-5-18(6-9-19)24-26-23(31-27-24)16-29-13-11-28(12-14-29)15-21-20-4-2-1-3-17(20)7-10-22(21)30/h1-10,30H,11-16H2. The number of aromatic hydroxyl groups is 1. The predicted molar refractivity (Wildman–Crippen MR) is 121 cm³/mol. The van der Waals surface area contributed by atoms with Crippen molar-refractivity contribution in [1.82, 2.24) is 19.9 Å². The van der Waals surface area contributed by atoms with Crippen LogP contribution in [0.1, 0.15) is 11.5 Å². The minimum atomic E-state index is 0.363. The van der Waals surface area contributed by atoms with Crippen LogP contribution in [0.4, 0.5) is 0 Å². The van der Waals surface area contributed by atoms with Crippen molar-refractivity contribution in [3.63, 3.8) is 0 Å². The molecule has 31 heavy (non-hydrogen) atoms. The minimum absolute atomic E-state index is 0.363. The molecule has 0 bridgehead atoms. The molecule has 1 aliphatic heterocycles. The van der Waals surface area contributed by atoms with Gasteiger partial charge in [-0.3, -0.25) is 9.80 Å². The normalized spacial score (nSPS) is 15.5. The smallest absolute Gasteiger partial charge is 0.241 e. The van der Waals surface area contributed by atoms with Crippen molar-refractivity contribution in [2.45, 2.75) is 13.1 Å². The fraction of sp³-hybridized carbons (Fsp3) is 0.250. The van der Waals surface area contributed by atoms with Gasteiger partial charge in [-0.2, -0.15) is 4.98 Å². The van der Waals surface area contributed by atoms with E-state index in [1.807, 2.05) is 42.5 Å². The Morgan fingerprint density at radius 2 is 1.58 bits per heavy atom. The van der Waals surface area contributed by atoms with Crippen LogP contribution < -0.4 is 0 Å². The summed E-state index contributed by atoms with van der Waals surface area (Å²) >= 11 is 5.94. The Morgan fingerprint density at radius 3 is 2.35 bits per heavy atom. The number of benzene rings is 3. The molecule has 2 heterocycles. The fourth-order valence-corrected chi connectivity index (χ4v) is 4.17. The van der Waals surface area contributed by atoms with Crippen molar-refractivity contribution < 1.29 is 9.63 Å². The molecule has 1 aliphatic rings. The molecule has 1 fully saturated rings. The second kappa shape index (κ2) is 8.67. The van der Waals surface area contributed by atoms with E-state index in [1.165, 1.54) is 0 Å². The second-order valence-corrected chi connectivity index (χ2v) is 8.29. The maximum atomic E-state index is 10.4. The fourth-order valence-electron chi connectivity index (χ4n) is 4.05. The van der Waals surface area contributed by atoms with Gasteiger partial charge in [0, 0.05) is 48.9 Å². The summed E-state index contributed by atoms with van der Waals surface area (Å²) in [4.78, 5) is 9.23. The number of piperazine rings is 1. The third-order valence-corrected chi connectivity index (χ3v) is 6.04. The van der Waals surface area contributed by atoms with Crippen molar-refractivity contribution in [3.05, 3.63) is 77.1 Å². The zero-order chi connectivity index (χ0) is 21.2. The number of halogens is 1. The van der Waals surface area contributed by atoms with Crippen molar-refractivity contribution in [1.29, 1.82) is 0 Å². The number of phenols is 1. The molecule has 1 saturated heterocycles. The van der Waals surface area contributed by atoms with E-state index in [-0.39, 0.29) is 0 Å². The molecular weight excluding hydrogens is 412 g/mol. The molecule has 0 radical (unpaired) electrons. The van der Waals surface area contributed by atoms with Crippen LogP contribution in [0.2, 0.25) is 5.02 Å². The van der Waals surface area contributed by atoms with E-state index in [1.54, 1.807) is 6.07 Å². The van der Waals surface area contributed by atoms with Gasteiger partial charge < -0.3 is 9.63 Å². The van der Waals surface area contributed by atoms with Crippen molar-refractivity contribution in [2.75, 3.05) is 26.2 Å². The number of hydrogen-bond donors (Lipinski definition) is 1. The van der Waals surface area contributed by atoms with Gasteiger partial charge in [-0.05, 0) is 41.1 Å². The van der Waals surface area contributed by atoms with Gasteiger partial charge in [0.15, 0.2) is 0 Å². The molecule has 5 rings (SSSR count). The molecule has 7 heteroatoms. The Kier molecular flexibility index (Phi) is 5.59. The van der Waals surface area contributed by atoms with Crippen LogP contribution in [0.5, 0.6) is 5.75 Å². The first-order valence-electron chi connectivity index (χ1n) is 10.4. The zero-order valence-corrected chi connectivity index (χ0v) is 17.8. The Hall–Kier alpha value is -2.93. The topological polar surface area (TPSA) is 65.6 Å². The molecule has 0 atom stereocenters. The highest BCUT2D eigenvalue weighted by Crippen LogP contribution is 2.28. The third-order valence-electron chi connectivity index (χ3n) is 5.79. The Balaban J connectivity index is 1.20. The lowest BCUT2D eigenvalue weighted by molar-refractivity contribution is 0.112. The number of rotatable bonds is 5. The lowest BCUT2D eigenvalue weighted by Crippen LogP contribution is -2.45. The summed E-state index contributed by atoms with van der Waals surface area (Å²) in [6, 6.07) is 19.4. The van der Waals surface area contributed by atoms with Gasteiger partial charge in [-0.1, -0.05) is 47.1 Å². The molecule has 6 nitrogen and oxygen atoms in total. The quantitative estimate of drug-likeness (QED) is 0.496. The van der Waals surface area contributed by atoms with Crippen LogP contribution in [0.15, 0.2) is 65.2 Å². The molecule has 0 aliphatic carbocycles. The largest absolute Gasteiger partial charge is 0.508 e. The molecule has 4 aromatic rings. The van der Waals surface area contributed by atoms with E-state index in [0.29, 0.717) is 29.0 Å². The molecule has 1 aromatic heterocycles. The van der Waals surface area contributed by atoms with E-state index in [9.17, 15) is 5.11 Å². The lowest BCUT2D eigenvalue weighted by Gasteiger charge is -2.34. The average molecular weight is 435 g/mol. The van der Waals surface area contributed by atoms with Crippen LogP contribution in [-0.4, -0.2) is 51.2 Å². The Bertz CT molecular complexity index is 1180. The van der Waals surface area contributed by atoms with Gasteiger partial charge in [0.1, 0.15) is 5.75 Å². The summed E-state index contributed by atoms with van der Waals surface area (Å²) in [5.41, 5.74) is 1.88.